The number of thiophene rings is 1. The molecule has 0 saturated heterocycles. The van der Waals surface area contributed by atoms with E-state index >= 15 is 0 Å². The van der Waals surface area contributed by atoms with Gasteiger partial charge in [0.1, 0.15) is 0 Å². The third-order valence-corrected chi connectivity index (χ3v) is 5.62. The van der Waals surface area contributed by atoms with Gasteiger partial charge in [-0.3, -0.25) is 0 Å². The quantitative estimate of drug-likeness (QED) is 0.370. The van der Waals surface area contributed by atoms with Gasteiger partial charge in [0.15, 0.2) is 0 Å². The zero-order chi connectivity index (χ0) is 15.9. The maximum absolute atomic E-state index is 3.56. The average Bonchev–Trinajstić information content (AvgIpc) is 2.99. The summed E-state index contributed by atoms with van der Waals surface area (Å²) >= 11 is 1.86. The summed E-state index contributed by atoms with van der Waals surface area (Å²) in [5.74, 6) is 0. The van der Waals surface area contributed by atoms with E-state index in [1.54, 1.807) is 0 Å². The van der Waals surface area contributed by atoms with Crippen molar-refractivity contribution in [3.63, 3.8) is 0 Å². The Bertz CT molecular complexity index is 1170. The molecule has 24 heavy (non-hydrogen) atoms. The van der Waals surface area contributed by atoms with Gasteiger partial charge in [-0.25, -0.2) is 0 Å². The van der Waals surface area contributed by atoms with Crippen molar-refractivity contribution in [3.05, 3.63) is 84.9 Å². The van der Waals surface area contributed by atoms with Crippen molar-refractivity contribution in [1.82, 2.24) is 0 Å². The molecule has 0 spiro atoms. The van der Waals surface area contributed by atoms with Crippen molar-refractivity contribution in [2.75, 3.05) is 5.32 Å². The molecule has 4 aromatic carbocycles. The Balaban J connectivity index is 1.76. The number of hydrogen-bond donors (Lipinski definition) is 1. The highest BCUT2D eigenvalue weighted by Crippen LogP contribution is 2.40. The van der Waals surface area contributed by atoms with E-state index in [4.69, 9.17) is 0 Å². The summed E-state index contributed by atoms with van der Waals surface area (Å²) in [6.45, 7) is 0. The summed E-state index contributed by atoms with van der Waals surface area (Å²) in [6, 6.07) is 30.1. The second-order valence-corrected chi connectivity index (χ2v) is 7.02. The molecule has 1 aromatic heterocycles. The highest BCUT2D eigenvalue weighted by atomic mass is 32.1. The Morgan fingerprint density at radius 3 is 2.21 bits per heavy atom. The SMILES string of the molecule is c1ccc(Nc2cccc3c2sc2cc4ccccc4cc23)cc1. The second kappa shape index (κ2) is 5.36. The monoisotopic (exact) mass is 325 g/mol. The molecule has 0 saturated carbocycles. The van der Waals surface area contributed by atoms with Crippen LogP contribution < -0.4 is 5.32 Å². The van der Waals surface area contributed by atoms with Crippen LogP contribution in [0.15, 0.2) is 84.9 Å². The van der Waals surface area contributed by atoms with E-state index in [9.17, 15) is 0 Å². The number of fused-ring (bicyclic) bond motifs is 4. The average molecular weight is 325 g/mol. The maximum atomic E-state index is 3.56. The van der Waals surface area contributed by atoms with E-state index in [0.29, 0.717) is 0 Å². The predicted molar refractivity (Wildman–Crippen MR) is 107 cm³/mol. The summed E-state index contributed by atoms with van der Waals surface area (Å²) in [4.78, 5) is 0. The lowest BCUT2D eigenvalue weighted by Crippen LogP contribution is -1.89. The smallest absolute Gasteiger partial charge is 0.0590 e. The number of benzene rings is 4. The molecule has 0 amide bonds. The van der Waals surface area contributed by atoms with Gasteiger partial charge in [0.2, 0.25) is 0 Å². The van der Waals surface area contributed by atoms with Crippen LogP contribution in [0, 0.1) is 0 Å². The molecule has 0 radical (unpaired) electrons. The molecule has 5 rings (SSSR count). The van der Waals surface area contributed by atoms with Crippen molar-refractivity contribution >= 4 is 53.7 Å². The molecule has 0 unspecified atom stereocenters. The Hall–Kier alpha value is -2.84. The van der Waals surface area contributed by atoms with Crippen LogP contribution in [-0.4, -0.2) is 0 Å². The summed E-state index contributed by atoms with van der Waals surface area (Å²) in [5.41, 5.74) is 2.29. The maximum Gasteiger partial charge on any atom is 0.0590 e. The van der Waals surface area contributed by atoms with Crippen LogP contribution in [-0.2, 0) is 0 Å². The fraction of sp³-hybridized carbons (Fsp3) is 0. The first-order chi connectivity index (χ1) is 11.9. The molecule has 1 N–H and O–H groups in total. The minimum Gasteiger partial charge on any atom is -0.354 e. The van der Waals surface area contributed by atoms with E-state index in [1.807, 2.05) is 17.4 Å². The molecule has 0 aliphatic rings. The third-order valence-electron chi connectivity index (χ3n) is 4.42. The van der Waals surface area contributed by atoms with E-state index in [2.05, 4.69) is 84.2 Å². The highest BCUT2D eigenvalue weighted by Gasteiger charge is 2.10. The summed E-state index contributed by atoms with van der Waals surface area (Å²) in [7, 11) is 0. The van der Waals surface area contributed by atoms with Crippen LogP contribution in [0.3, 0.4) is 0 Å². The fourth-order valence-electron chi connectivity index (χ4n) is 3.26. The molecule has 114 valence electrons. The first kappa shape index (κ1) is 13.6. The second-order valence-electron chi connectivity index (χ2n) is 5.97. The summed E-state index contributed by atoms with van der Waals surface area (Å²) in [5, 5.41) is 8.82. The van der Waals surface area contributed by atoms with Gasteiger partial charge in [-0.2, -0.15) is 0 Å². The van der Waals surface area contributed by atoms with Gasteiger partial charge in [0.05, 0.1) is 10.4 Å². The number of hydrogen-bond acceptors (Lipinski definition) is 2. The van der Waals surface area contributed by atoms with E-state index in [1.165, 1.54) is 36.6 Å². The summed E-state index contributed by atoms with van der Waals surface area (Å²) < 4.78 is 2.65. The van der Waals surface area contributed by atoms with Crippen molar-refractivity contribution in [1.29, 1.82) is 0 Å². The molecular weight excluding hydrogens is 310 g/mol. The van der Waals surface area contributed by atoms with Crippen LogP contribution >= 0.6 is 11.3 Å². The molecule has 2 heteroatoms. The van der Waals surface area contributed by atoms with Gasteiger partial charge in [0, 0.05) is 21.2 Å². The molecular formula is C22H15NS. The van der Waals surface area contributed by atoms with Crippen LogP contribution in [0.5, 0.6) is 0 Å². The van der Waals surface area contributed by atoms with Gasteiger partial charge < -0.3 is 5.32 Å². The third kappa shape index (κ3) is 2.15. The van der Waals surface area contributed by atoms with Gasteiger partial charge in [-0.15, -0.1) is 11.3 Å². The molecule has 0 aliphatic carbocycles. The van der Waals surface area contributed by atoms with Gasteiger partial charge in [0.25, 0.3) is 0 Å². The molecule has 1 nitrogen and oxygen atoms in total. The van der Waals surface area contributed by atoms with Crippen LogP contribution in [0.25, 0.3) is 30.9 Å². The lowest BCUT2D eigenvalue weighted by atomic mass is 10.1. The number of para-hydroxylation sites is 1. The Morgan fingerprint density at radius 2 is 1.38 bits per heavy atom. The molecule has 1 heterocycles. The lowest BCUT2D eigenvalue weighted by molar-refractivity contribution is 1.59. The largest absolute Gasteiger partial charge is 0.354 e. The Morgan fingerprint density at radius 1 is 0.625 bits per heavy atom. The molecule has 0 aliphatic heterocycles. The van der Waals surface area contributed by atoms with E-state index in [-0.39, 0.29) is 0 Å². The molecule has 0 atom stereocenters. The van der Waals surface area contributed by atoms with Crippen molar-refractivity contribution in [2.24, 2.45) is 0 Å². The molecule has 0 bridgehead atoms. The van der Waals surface area contributed by atoms with E-state index in [0.717, 1.165) is 5.69 Å². The first-order valence-corrected chi connectivity index (χ1v) is 8.86. The molecule has 5 aromatic rings. The summed E-state index contributed by atoms with van der Waals surface area (Å²) in [6.07, 6.45) is 0. The van der Waals surface area contributed by atoms with Crippen LogP contribution in [0.2, 0.25) is 0 Å². The predicted octanol–water partition coefficient (Wildman–Crippen LogP) is 6.95. The Labute approximate surface area is 144 Å². The van der Waals surface area contributed by atoms with E-state index < -0.39 is 0 Å². The minimum absolute atomic E-state index is 1.12. The molecule has 0 fully saturated rings. The number of rotatable bonds is 2. The number of nitrogens with one attached hydrogen (secondary N) is 1. The van der Waals surface area contributed by atoms with Crippen molar-refractivity contribution < 1.29 is 0 Å². The number of anilines is 2. The lowest BCUT2D eigenvalue weighted by Gasteiger charge is -2.07. The zero-order valence-corrected chi connectivity index (χ0v) is 13.8. The topological polar surface area (TPSA) is 12.0 Å². The normalized spacial score (nSPS) is 11.3. The Kier molecular flexibility index (Phi) is 3.03. The van der Waals surface area contributed by atoms with Gasteiger partial charge in [-0.1, -0.05) is 54.6 Å². The van der Waals surface area contributed by atoms with Crippen molar-refractivity contribution in [3.8, 4) is 0 Å². The van der Waals surface area contributed by atoms with Crippen LogP contribution in [0.1, 0.15) is 0 Å². The minimum atomic E-state index is 1.12. The fourth-order valence-corrected chi connectivity index (χ4v) is 4.46. The van der Waals surface area contributed by atoms with Gasteiger partial charge in [-0.05, 0) is 41.1 Å². The zero-order valence-electron chi connectivity index (χ0n) is 13.0. The highest BCUT2D eigenvalue weighted by molar-refractivity contribution is 7.26. The van der Waals surface area contributed by atoms with Crippen molar-refractivity contribution in [2.45, 2.75) is 0 Å². The van der Waals surface area contributed by atoms with Crippen LogP contribution in [0.4, 0.5) is 11.4 Å². The standard InChI is InChI=1S/C22H15NS/c1-2-9-17(10-3-1)23-20-12-6-11-18-19-13-15-7-4-5-8-16(15)14-21(19)24-22(18)20/h1-14,23H. The van der Waals surface area contributed by atoms with Gasteiger partial charge >= 0.3 is 0 Å². The first-order valence-electron chi connectivity index (χ1n) is 8.04.